The Bertz CT molecular complexity index is 229. The fraction of sp³-hybridized carbons (Fsp3) is 0.667. The third-order valence-electron chi connectivity index (χ3n) is 2.27. The minimum Gasteiger partial charge on any atom is -0.348 e. The van der Waals surface area contributed by atoms with Crippen molar-refractivity contribution in [3.05, 3.63) is 18.2 Å². The maximum Gasteiger partial charge on any atom is 0.120 e. The SMILES string of the molecule is c1c[nH]c(CNC2CCCSC2)n1. The van der Waals surface area contributed by atoms with Crippen molar-refractivity contribution in [2.45, 2.75) is 25.4 Å². The first-order valence-corrected chi connectivity index (χ1v) is 5.90. The molecule has 1 aliphatic rings. The van der Waals surface area contributed by atoms with Crippen molar-refractivity contribution in [3.8, 4) is 0 Å². The lowest BCUT2D eigenvalue weighted by molar-refractivity contribution is 0.500. The first-order chi connectivity index (χ1) is 6.45. The molecule has 1 aliphatic heterocycles. The van der Waals surface area contributed by atoms with Crippen LogP contribution < -0.4 is 5.32 Å². The Morgan fingerprint density at radius 3 is 3.38 bits per heavy atom. The zero-order valence-electron chi connectivity index (χ0n) is 7.62. The zero-order valence-corrected chi connectivity index (χ0v) is 8.44. The minimum atomic E-state index is 0.684. The molecule has 13 heavy (non-hydrogen) atoms. The minimum absolute atomic E-state index is 0.684. The maximum atomic E-state index is 4.18. The van der Waals surface area contributed by atoms with Gasteiger partial charge in [-0.2, -0.15) is 11.8 Å². The molecule has 0 aliphatic carbocycles. The summed E-state index contributed by atoms with van der Waals surface area (Å²) in [7, 11) is 0. The van der Waals surface area contributed by atoms with Crippen LogP contribution in [0.15, 0.2) is 12.4 Å². The summed E-state index contributed by atoms with van der Waals surface area (Å²) in [6.45, 7) is 0.873. The van der Waals surface area contributed by atoms with E-state index in [1.54, 1.807) is 6.20 Å². The van der Waals surface area contributed by atoms with Crippen LogP contribution in [-0.2, 0) is 6.54 Å². The summed E-state index contributed by atoms with van der Waals surface area (Å²) in [6, 6.07) is 0.684. The van der Waals surface area contributed by atoms with Crippen LogP contribution >= 0.6 is 11.8 Å². The van der Waals surface area contributed by atoms with Crippen LogP contribution in [0.3, 0.4) is 0 Å². The molecular formula is C9H15N3S. The molecule has 4 heteroatoms. The molecule has 1 fully saturated rings. The summed E-state index contributed by atoms with van der Waals surface area (Å²) in [5.74, 6) is 3.62. The molecule has 0 spiro atoms. The number of aromatic amines is 1. The Kier molecular flexibility index (Phi) is 3.27. The number of rotatable bonds is 3. The van der Waals surface area contributed by atoms with Gasteiger partial charge in [0.2, 0.25) is 0 Å². The van der Waals surface area contributed by atoms with E-state index < -0.39 is 0 Å². The van der Waals surface area contributed by atoms with Crippen molar-refractivity contribution in [3.63, 3.8) is 0 Å². The molecule has 3 nitrogen and oxygen atoms in total. The van der Waals surface area contributed by atoms with Crippen LogP contribution in [0.2, 0.25) is 0 Å². The highest BCUT2D eigenvalue weighted by Crippen LogP contribution is 2.16. The second-order valence-corrected chi connectivity index (χ2v) is 4.48. The largest absolute Gasteiger partial charge is 0.348 e. The van der Waals surface area contributed by atoms with E-state index in [1.165, 1.54) is 24.3 Å². The summed E-state index contributed by atoms with van der Waals surface area (Å²) in [5.41, 5.74) is 0. The number of imidazole rings is 1. The second kappa shape index (κ2) is 4.67. The fourth-order valence-electron chi connectivity index (χ4n) is 1.54. The van der Waals surface area contributed by atoms with E-state index in [1.807, 2.05) is 18.0 Å². The molecule has 0 aromatic carbocycles. The number of hydrogen-bond donors (Lipinski definition) is 2. The van der Waals surface area contributed by atoms with Gasteiger partial charge in [-0.25, -0.2) is 4.98 Å². The maximum absolute atomic E-state index is 4.18. The molecule has 1 unspecified atom stereocenters. The molecule has 1 saturated heterocycles. The molecule has 0 saturated carbocycles. The molecule has 72 valence electrons. The summed E-state index contributed by atoms with van der Waals surface area (Å²) in [6.07, 6.45) is 6.33. The third-order valence-corrected chi connectivity index (χ3v) is 3.49. The zero-order chi connectivity index (χ0) is 8.93. The van der Waals surface area contributed by atoms with Gasteiger partial charge in [-0.3, -0.25) is 0 Å². The Morgan fingerprint density at radius 1 is 1.69 bits per heavy atom. The van der Waals surface area contributed by atoms with E-state index in [0.29, 0.717) is 6.04 Å². The van der Waals surface area contributed by atoms with Crippen molar-refractivity contribution in [1.82, 2.24) is 15.3 Å². The second-order valence-electron chi connectivity index (χ2n) is 3.33. The molecule has 1 aromatic heterocycles. The normalized spacial score (nSPS) is 23.2. The van der Waals surface area contributed by atoms with E-state index in [4.69, 9.17) is 0 Å². The van der Waals surface area contributed by atoms with Gasteiger partial charge in [0, 0.05) is 24.2 Å². The highest BCUT2D eigenvalue weighted by molar-refractivity contribution is 7.99. The van der Waals surface area contributed by atoms with E-state index in [-0.39, 0.29) is 0 Å². The Hall–Kier alpha value is -0.480. The molecule has 2 heterocycles. The van der Waals surface area contributed by atoms with Gasteiger partial charge in [0.1, 0.15) is 5.82 Å². The van der Waals surface area contributed by atoms with Gasteiger partial charge in [-0.05, 0) is 18.6 Å². The molecule has 1 atom stereocenters. The number of nitrogens with one attached hydrogen (secondary N) is 2. The van der Waals surface area contributed by atoms with Crippen LogP contribution in [0.4, 0.5) is 0 Å². The molecule has 0 bridgehead atoms. The first kappa shape index (κ1) is 9.09. The lowest BCUT2D eigenvalue weighted by Gasteiger charge is -2.21. The quantitative estimate of drug-likeness (QED) is 0.769. The average Bonchev–Trinajstić information content (AvgIpc) is 2.69. The average molecular weight is 197 g/mol. The standard InChI is InChI=1S/C9H15N3S/c1-2-8(7-13-5-1)12-6-9-10-3-4-11-9/h3-4,8,12H,1-2,5-7H2,(H,10,11). The number of hydrogen-bond acceptors (Lipinski definition) is 3. The summed E-state index contributed by atoms with van der Waals surface area (Å²) >= 11 is 2.05. The van der Waals surface area contributed by atoms with Crippen molar-refractivity contribution >= 4 is 11.8 Å². The molecular weight excluding hydrogens is 182 g/mol. The van der Waals surface area contributed by atoms with Crippen LogP contribution in [0.25, 0.3) is 0 Å². The van der Waals surface area contributed by atoms with Gasteiger partial charge in [0.25, 0.3) is 0 Å². The molecule has 0 radical (unpaired) electrons. The van der Waals surface area contributed by atoms with Crippen molar-refractivity contribution in [2.24, 2.45) is 0 Å². The highest BCUT2D eigenvalue weighted by Gasteiger charge is 2.12. The Morgan fingerprint density at radius 2 is 2.69 bits per heavy atom. The van der Waals surface area contributed by atoms with Gasteiger partial charge in [0.15, 0.2) is 0 Å². The predicted molar refractivity (Wildman–Crippen MR) is 55.8 cm³/mol. The van der Waals surface area contributed by atoms with Gasteiger partial charge in [-0.1, -0.05) is 0 Å². The Balaban J connectivity index is 1.72. The summed E-state index contributed by atoms with van der Waals surface area (Å²) in [4.78, 5) is 7.27. The van der Waals surface area contributed by atoms with Crippen molar-refractivity contribution in [1.29, 1.82) is 0 Å². The monoisotopic (exact) mass is 197 g/mol. The third kappa shape index (κ3) is 2.74. The van der Waals surface area contributed by atoms with Gasteiger partial charge >= 0.3 is 0 Å². The van der Waals surface area contributed by atoms with Crippen LogP contribution in [0.1, 0.15) is 18.7 Å². The van der Waals surface area contributed by atoms with E-state index in [9.17, 15) is 0 Å². The number of H-pyrrole nitrogens is 1. The molecule has 2 N–H and O–H groups in total. The molecule has 1 aromatic rings. The fourth-order valence-corrected chi connectivity index (χ4v) is 2.64. The van der Waals surface area contributed by atoms with E-state index in [2.05, 4.69) is 15.3 Å². The highest BCUT2D eigenvalue weighted by atomic mass is 32.2. The van der Waals surface area contributed by atoms with Gasteiger partial charge < -0.3 is 10.3 Å². The van der Waals surface area contributed by atoms with Gasteiger partial charge in [0.05, 0.1) is 6.54 Å². The lowest BCUT2D eigenvalue weighted by atomic mass is 10.2. The van der Waals surface area contributed by atoms with Gasteiger partial charge in [-0.15, -0.1) is 0 Å². The van der Waals surface area contributed by atoms with Crippen molar-refractivity contribution in [2.75, 3.05) is 11.5 Å². The van der Waals surface area contributed by atoms with Crippen LogP contribution in [0, 0.1) is 0 Å². The van der Waals surface area contributed by atoms with E-state index in [0.717, 1.165) is 12.4 Å². The van der Waals surface area contributed by atoms with Crippen LogP contribution in [-0.4, -0.2) is 27.5 Å². The van der Waals surface area contributed by atoms with E-state index >= 15 is 0 Å². The number of aromatic nitrogens is 2. The predicted octanol–water partition coefficient (Wildman–Crippen LogP) is 1.39. The summed E-state index contributed by atoms with van der Waals surface area (Å²) < 4.78 is 0. The molecule has 2 rings (SSSR count). The Labute approximate surface area is 82.7 Å². The first-order valence-electron chi connectivity index (χ1n) is 4.74. The lowest BCUT2D eigenvalue weighted by Crippen LogP contribution is -2.33. The van der Waals surface area contributed by atoms with Crippen molar-refractivity contribution < 1.29 is 0 Å². The molecule has 0 amide bonds. The smallest absolute Gasteiger partial charge is 0.120 e. The topological polar surface area (TPSA) is 40.7 Å². The number of thioether (sulfide) groups is 1. The summed E-state index contributed by atoms with van der Waals surface area (Å²) in [5, 5.41) is 3.51. The number of nitrogens with zero attached hydrogens (tertiary/aromatic N) is 1. The van der Waals surface area contributed by atoms with Crippen LogP contribution in [0.5, 0.6) is 0 Å².